The SMILES string of the molecule is CN(C)C(=O)c1cccc(Nc2nc3ccncc3n3cnc(C(=O)O)c23)c1. The maximum atomic E-state index is 12.2. The van der Waals surface area contributed by atoms with Gasteiger partial charge in [-0.2, -0.15) is 0 Å². The van der Waals surface area contributed by atoms with E-state index in [0.29, 0.717) is 33.6 Å². The molecule has 0 radical (unpaired) electrons. The second-order valence-corrected chi connectivity index (χ2v) is 6.35. The van der Waals surface area contributed by atoms with Gasteiger partial charge in [0.15, 0.2) is 11.5 Å². The van der Waals surface area contributed by atoms with Crippen LogP contribution in [0.4, 0.5) is 11.5 Å². The Bertz CT molecular complexity index is 1230. The first kappa shape index (κ1) is 17.4. The van der Waals surface area contributed by atoms with Gasteiger partial charge in [0.2, 0.25) is 0 Å². The van der Waals surface area contributed by atoms with Crippen LogP contribution in [0.1, 0.15) is 20.8 Å². The van der Waals surface area contributed by atoms with Gasteiger partial charge < -0.3 is 15.3 Å². The number of pyridine rings is 1. The summed E-state index contributed by atoms with van der Waals surface area (Å²) in [5, 5.41) is 12.6. The number of hydrogen-bond donors (Lipinski definition) is 2. The van der Waals surface area contributed by atoms with Gasteiger partial charge >= 0.3 is 5.97 Å². The minimum atomic E-state index is -1.16. The number of nitrogens with one attached hydrogen (secondary N) is 1. The quantitative estimate of drug-likeness (QED) is 0.562. The number of rotatable bonds is 4. The van der Waals surface area contributed by atoms with Crippen LogP contribution in [-0.2, 0) is 0 Å². The van der Waals surface area contributed by atoms with Crippen molar-refractivity contribution in [2.45, 2.75) is 0 Å². The van der Waals surface area contributed by atoms with E-state index in [4.69, 9.17) is 0 Å². The molecule has 0 bridgehead atoms. The average molecular weight is 376 g/mol. The Morgan fingerprint density at radius 2 is 2.04 bits per heavy atom. The zero-order chi connectivity index (χ0) is 19.8. The zero-order valence-electron chi connectivity index (χ0n) is 15.1. The first-order valence-corrected chi connectivity index (χ1v) is 8.38. The van der Waals surface area contributed by atoms with Crippen molar-refractivity contribution in [1.82, 2.24) is 24.3 Å². The number of nitrogens with zero attached hydrogens (tertiary/aromatic N) is 5. The third kappa shape index (κ3) is 2.88. The topological polar surface area (TPSA) is 113 Å². The fourth-order valence-electron chi connectivity index (χ4n) is 2.96. The van der Waals surface area contributed by atoms with Crippen molar-refractivity contribution in [2.75, 3.05) is 19.4 Å². The summed E-state index contributed by atoms with van der Waals surface area (Å²) in [7, 11) is 3.35. The van der Waals surface area contributed by atoms with E-state index in [1.807, 2.05) is 0 Å². The first-order valence-electron chi connectivity index (χ1n) is 8.38. The van der Waals surface area contributed by atoms with Crippen molar-refractivity contribution in [3.05, 3.63) is 60.3 Å². The Balaban J connectivity index is 1.88. The molecule has 0 aliphatic carbocycles. The monoisotopic (exact) mass is 376 g/mol. The van der Waals surface area contributed by atoms with E-state index in [1.165, 1.54) is 11.2 Å². The predicted octanol–water partition coefficient (Wildman–Crippen LogP) is 2.42. The highest BCUT2D eigenvalue weighted by Gasteiger charge is 2.19. The molecular formula is C19H16N6O3. The highest BCUT2D eigenvalue weighted by atomic mass is 16.4. The zero-order valence-corrected chi connectivity index (χ0v) is 15.1. The average Bonchev–Trinajstić information content (AvgIpc) is 3.14. The fourth-order valence-corrected chi connectivity index (χ4v) is 2.96. The van der Waals surface area contributed by atoms with Crippen molar-refractivity contribution in [3.8, 4) is 0 Å². The van der Waals surface area contributed by atoms with E-state index in [-0.39, 0.29) is 11.6 Å². The van der Waals surface area contributed by atoms with Crippen molar-refractivity contribution in [3.63, 3.8) is 0 Å². The van der Waals surface area contributed by atoms with Crippen LogP contribution >= 0.6 is 0 Å². The van der Waals surface area contributed by atoms with Crippen LogP contribution in [0.15, 0.2) is 49.1 Å². The summed E-state index contributed by atoms with van der Waals surface area (Å²) in [6, 6.07) is 8.65. The lowest BCUT2D eigenvalue weighted by molar-refractivity contribution is 0.0692. The molecule has 0 aliphatic heterocycles. The number of fused-ring (bicyclic) bond motifs is 3. The van der Waals surface area contributed by atoms with Crippen molar-refractivity contribution in [2.24, 2.45) is 0 Å². The molecule has 0 atom stereocenters. The minimum absolute atomic E-state index is 0.124. The van der Waals surface area contributed by atoms with E-state index in [0.717, 1.165) is 0 Å². The van der Waals surface area contributed by atoms with Gasteiger partial charge in [0.1, 0.15) is 11.8 Å². The molecule has 9 heteroatoms. The summed E-state index contributed by atoms with van der Waals surface area (Å²) in [4.78, 5) is 38.0. The standard InChI is InChI=1S/C19H16N6O3/c1-24(2)18(26)11-4-3-5-12(8-11)22-17-16-15(19(27)28)21-10-25(16)14-9-20-7-6-13(14)23-17/h3-10H,1-2H3,(H,22,23)(H,27,28). The summed E-state index contributed by atoms with van der Waals surface area (Å²) in [5.74, 6) is -0.975. The molecule has 0 spiro atoms. The van der Waals surface area contributed by atoms with Gasteiger partial charge in [0.05, 0.1) is 17.2 Å². The number of anilines is 2. The highest BCUT2D eigenvalue weighted by molar-refractivity contribution is 6.00. The number of aromatic carboxylic acids is 1. The summed E-state index contributed by atoms with van der Waals surface area (Å²) < 4.78 is 1.63. The number of hydrogen-bond acceptors (Lipinski definition) is 6. The van der Waals surface area contributed by atoms with E-state index >= 15 is 0 Å². The molecule has 3 aromatic heterocycles. The lowest BCUT2D eigenvalue weighted by Crippen LogP contribution is -2.21. The number of imidazole rings is 1. The summed E-state index contributed by atoms with van der Waals surface area (Å²) in [6.45, 7) is 0. The van der Waals surface area contributed by atoms with Crippen molar-refractivity contribution in [1.29, 1.82) is 0 Å². The smallest absolute Gasteiger partial charge is 0.356 e. The molecule has 0 fully saturated rings. The Hall–Kier alpha value is -4.01. The van der Waals surface area contributed by atoms with Gasteiger partial charge in [-0.1, -0.05) is 6.07 Å². The van der Waals surface area contributed by atoms with Crippen LogP contribution in [0.2, 0.25) is 0 Å². The first-order chi connectivity index (χ1) is 13.5. The molecule has 1 amide bonds. The van der Waals surface area contributed by atoms with E-state index in [1.54, 1.807) is 61.2 Å². The van der Waals surface area contributed by atoms with Crippen LogP contribution in [0, 0.1) is 0 Å². The third-order valence-electron chi connectivity index (χ3n) is 4.24. The Morgan fingerprint density at radius 1 is 1.21 bits per heavy atom. The second kappa shape index (κ2) is 6.62. The molecule has 4 rings (SSSR count). The molecule has 3 heterocycles. The van der Waals surface area contributed by atoms with Gasteiger partial charge in [0, 0.05) is 31.5 Å². The van der Waals surface area contributed by atoms with Crippen LogP contribution in [0.3, 0.4) is 0 Å². The van der Waals surface area contributed by atoms with Gasteiger partial charge in [0.25, 0.3) is 5.91 Å². The molecule has 1 aromatic carbocycles. The van der Waals surface area contributed by atoms with Crippen LogP contribution in [-0.4, -0.2) is 55.3 Å². The molecule has 2 N–H and O–H groups in total. The molecule has 0 saturated heterocycles. The number of carboxylic acids is 1. The number of aromatic nitrogens is 4. The molecule has 0 aliphatic rings. The second-order valence-electron chi connectivity index (χ2n) is 6.35. The minimum Gasteiger partial charge on any atom is -0.476 e. The maximum Gasteiger partial charge on any atom is 0.356 e. The van der Waals surface area contributed by atoms with Gasteiger partial charge in [-0.25, -0.2) is 14.8 Å². The lowest BCUT2D eigenvalue weighted by Gasteiger charge is -2.13. The van der Waals surface area contributed by atoms with Crippen molar-refractivity contribution >= 4 is 39.9 Å². The van der Waals surface area contributed by atoms with E-state index in [9.17, 15) is 14.7 Å². The van der Waals surface area contributed by atoms with Crippen LogP contribution in [0.5, 0.6) is 0 Å². The Kier molecular flexibility index (Phi) is 4.11. The van der Waals surface area contributed by atoms with E-state index < -0.39 is 5.97 Å². The number of carboxylic acid groups (broad SMARTS) is 1. The number of amides is 1. The number of benzene rings is 1. The number of carbonyl (C=O) groups excluding carboxylic acids is 1. The molecular weight excluding hydrogens is 360 g/mol. The number of carbonyl (C=O) groups is 2. The normalized spacial score (nSPS) is 10.9. The Morgan fingerprint density at radius 3 is 2.79 bits per heavy atom. The molecule has 140 valence electrons. The maximum absolute atomic E-state index is 12.2. The van der Waals surface area contributed by atoms with Crippen molar-refractivity contribution < 1.29 is 14.7 Å². The van der Waals surface area contributed by atoms with Crippen LogP contribution in [0.25, 0.3) is 16.6 Å². The van der Waals surface area contributed by atoms with E-state index in [2.05, 4.69) is 20.3 Å². The molecule has 9 nitrogen and oxygen atoms in total. The summed E-state index contributed by atoms with van der Waals surface area (Å²) in [5.41, 5.74) is 2.56. The van der Waals surface area contributed by atoms with Gasteiger partial charge in [-0.15, -0.1) is 0 Å². The molecule has 28 heavy (non-hydrogen) atoms. The lowest BCUT2D eigenvalue weighted by atomic mass is 10.2. The van der Waals surface area contributed by atoms with Crippen LogP contribution < -0.4 is 5.32 Å². The fraction of sp³-hybridized carbons (Fsp3) is 0.105. The summed E-state index contributed by atoms with van der Waals surface area (Å²) in [6.07, 6.45) is 4.64. The Labute approximate surface area is 159 Å². The predicted molar refractivity (Wildman–Crippen MR) is 103 cm³/mol. The third-order valence-corrected chi connectivity index (χ3v) is 4.24. The molecule has 0 unspecified atom stereocenters. The molecule has 4 aromatic rings. The molecule has 0 saturated carbocycles. The largest absolute Gasteiger partial charge is 0.476 e. The highest BCUT2D eigenvalue weighted by Crippen LogP contribution is 2.27. The van der Waals surface area contributed by atoms with Gasteiger partial charge in [-0.05, 0) is 24.3 Å². The summed E-state index contributed by atoms with van der Waals surface area (Å²) >= 11 is 0. The van der Waals surface area contributed by atoms with Gasteiger partial charge in [-0.3, -0.25) is 14.2 Å².